The van der Waals surface area contributed by atoms with Gasteiger partial charge in [0.25, 0.3) is 0 Å². The summed E-state index contributed by atoms with van der Waals surface area (Å²) in [5.74, 6) is 0.557. The van der Waals surface area contributed by atoms with Crippen LogP contribution in [0.1, 0.15) is 5.56 Å². The smallest absolute Gasteiger partial charge is 0.350 e. The lowest BCUT2D eigenvalue weighted by Crippen LogP contribution is -2.32. The lowest BCUT2D eigenvalue weighted by molar-refractivity contribution is 0.420. The minimum absolute atomic E-state index is 0.236. The fourth-order valence-corrected chi connectivity index (χ4v) is 3.02. The zero-order valence-electron chi connectivity index (χ0n) is 13.6. The maximum absolute atomic E-state index is 12.7. The highest BCUT2D eigenvalue weighted by molar-refractivity contribution is 6.33. The van der Waals surface area contributed by atoms with Crippen LogP contribution in [0.3, 0.4) is 0 Å². The first-order valence-electron chi connectivity index (χ1n) is 7.73. The average molecular weight is 369 g/mol. The van der Waals surface area contributed by atoms with Gasteiger partial charge in [-0.3, -0.25) is 4.79 Å². The predicted octanol–water partition coefficient (Wildman–Crippen LogP) is 2.72. The molecule has 7 nitrogen and oxygen atoms in total. The van der Waals surface area contributed by atoms with Crippen molar-refractivity contribution in [1.82, 2.24) is 14.6 Å². The highest BCUT2D eigenvalue weighted by Gasteiger charge is 2.15. The average Bonchev–Trinajstić information content (AvgIpc) is 3.02. The predicted molar refractivity (Wildman–Crippen MR) is 102 cm³/mol. The quantitative estimate of drug-likeness (QED) is 0.544. The van der Waals surface area contributed by atoms with E-state index in [1.165, 1.54) is 13.3 Å². The second-order valence-corrected chi connectivity index (χ2v) is 5.98. The maximum Gasteiger partial charge on any atom is 0.350 e. The number of nitrogens with one attached hydrogen (secondary N) is 2. The van der Waals surface area contributed by atoms with Gasteiger partial charge in [0.2, 0.25) is 0 Å². The molecule has 4 aromatic rings. The highest BCUT2D eigenvalue weighted by Crippen LogP contribution is 2.29. The second-order valence-electron chi connectivity index (χ2n) is 5.57. The first kappa shape index (κ1) is 16.2. The van der Waals surface area contributed by atoms with E-state index in [0.717, 1.165) is 4.68 Å². The summed E-state index contributed by atoms with van der Waals surface area (Å²) >= 11 is 6.07. The van der Waals surface area contributed by atoms with E-state index in [1.807, 2.05) is 0 Å². The number of methoxy groups -OCH3 is 1. The third kappa shape index (κ3) is 2.49. The molecule has 0 aliphatic carbocycles. The molecule has 0 fully saturated rings. The molecule has 0 aliphatic rings. The lowest BCUT2D eigenvalue weighted by Gasteiger charge is -2.02. The summed E-state index contributed by atoms with van der Waals surface area (Å²) < 4.78 is 6.08. The molecule has 26 heavy (non-hydrogen) atoms. The standard InChI is InChI=1S/C18H13ClN4O3/c1-26-13-8-4-7-12-14(13)15-16(21-12)17(24)23(18(25)22-15)20-9-10-5-2-3-6-11(10)19/h2-9,21H,1H3,(H,22,25). The van der Waals surface area contributed by atoms with E-state index in [1.54, 1.807) is 42.5 Å². The van der Waals surface area contributed by atoms with Gasteiger partial charge in [-0.05, 0) is 18.2 Å². The van der Waals surface area contributed by atoms with Crippen molar-refractivity contribution in [2.75, 3.05) is 7.11 Å². The molecular weight excluding hydrogens is 356 g/mol. The summed E-state index contributed by atoms with van der Waals surface area (Å²) in [6.45, 7) is 0. The maximum atomic E-state index is 12.7. The molecular formula is C18H13ClN4O3. The van der Waals surface area contributed by atoms with Gasteiger partial charge in [0.1, 0.15) is 11.3 Å². The van der Waals surface area contributed by atoms with Gasteiger partial charge < -0.3 is 14.7 Å². The Balaban J connectivity index is 1.96. The van der Waals surface area contributed by atoms with E-state index in [-0.39, 0.29) is 5.52 Å². The lowest BCUT2D eigenvalue weighted by atomic mass is 10.2. The molecule has 2 N–H and O–H groups in total. The van der Waals surface area contributed by atoms with Crippen LogP contribution in [0.25, 0.3) is 21.9 Å². The number of hydrogen-bond donors (Lipinski definition) is 2. The SMILES string of the molecule is COc1cccc2[nH]c3c(=O)n(N=Cc4ccccc4Cl)c(=O)[nH]c3c12. The van der Waals surface area contributed by atoms with Gasteiger partial charge in [0.15, 0.2) is 0 Å². The summed E-state index contributed by atoms with van der Waals surface area (Å²) in [7, 11) is 1.53. The van der Waals surface area contributed by atoms with Crippen LogP contribution in [0.4, 0.5) is 0 Å². The van der Waals surface area contributed by atoms with Crippen LogP contribution in [0.2, 0.25) is 5.02 Å². The van der Waals surface area contributed by atoms with E-state index in [9.17, 15) is 9.59 Å². The topological polar surface area (TPSA) is 92.2 Å². The number of halogens is 1. The molecule has 130 valence electrons. The van der Waals surface area contributed by atoms with E-state index < -0.39 is 11.2 Å². The van der Waals surface area contributed by atoms with Crippen LogP contribution in [0.5, 0.6) is 5.75 Å². The largest absolute Gasteiger partial charge is 0.496 e. The third-order valence-corrected chi connectivity index (χ3v) is 4.40. The van der Waals surface area contributed by atoms with Gasteiger partial charge in [0.05, 0.1) is 29.7 Å². The Hall–Kier alpha value is -3.32. The molecule has 2 heterocycles. The van der Waals surface area contributed by atoms with Gasteiger partial charge in [0, 0.05) is 10.6 Å². The third-order valence-electron chi connectivity index (χ3n) is 4.05. The number of ether oxygens (including phenoxy) is 1. The fourth-order valence-electron chi connectivity index (χ4n) is 2.83. The van der Waals surface area contributed by atoms with Crippen molar-refractivity contribution in [3.05, 3.63) is 73.9 Å². The monoisotopic (exact) mass is 368 g/mol. The van der Waals surface area contributed by atoms with Crippen LogP contribution in [0, 0.1) is 0 Å². The first-order valence-corrected chi connectivity index (χ1v) is 8.10. The molecule has 0 unspecified atom stereocenters. The number of H-pyrrole nitrogens is 2. The Morgan fingerprint density at radius 2 is 1.88 bits per heavy atom. The summed E-state index contributed by atoms with van der Waals surface area (Å²) in [5, 5.41) is 5.11. The summed E-state index contributed by atoms with van der Waals surface area (Å²) in [4.78, 5) is 30.9. The Bertz CT molecular complexity index is 1280. The zero-order valence-corrected chi connectivity index (χ0v) is 14.4. The molecule has 0 aliphatic heterocycles. The summed E-state index contributed by atoms with van der Waals surface area (Å²) in [6.07, 6.45) is 1.37. The van der Waals surface area contributed by atoms with Crippen molar-refractivity contribution in [3.63, 3.8) is 0 Å². The molecule has 4 rings (SSSR count). The zero-order chi connectivity index (χ0) is 18.3. The molecule has 2 aromatic carbocycles. The number of benzene rings is 2. The molecule has 0 saturated carbocycles. The molecule has 0 saturated heterocycles. The Morgan fingerprint density at radius 3 is 2.65 bits per heavy atom. The summed E-state index contributed by atoms with van der Waals surface area (Å²) in [6, 6.07) is 12.3. The van der Waals surface area contributed by atoms with Crippen LogP contribution >= 0.6 is 11.6 Å². The number of nitrogens with zero attached hydrogens (tertiary/aromatic N) is 2. The van der Waals surface area contributed by atoms with Crippen molar-refractivity contribution in [3.8, 4) is 5.75 Å². The van der Waals surface area contributed by atoms with Gasteiger partial charge in [-0.1, -0.05) is 35.9 Å². The van der Waals surface area contributed by atoms with Crippen LogP contribution < -0.4 is 16.0 Å². The first-order chi connectivity index (χ1) is 12.6. The minimum Gasteiger partial charge on any atom is -0.496 e. The van der Waals surface area contributed by atoms with Crippen molar-refractivity contribution in [2.45, 2.75) is 0 Å². The van der Waals surface area contributed by atoms with Gasteiger partial charge in [-0.15, -0.1) is 4.68 Å². The van der Waals surface area contributed by atoms with Gasteiger partial charge in [-0.25, -0.2) is 4.79 Å². The number of hydrogen-bond acceptors (Lipinski definition) is 4. The molecule has 0 radical (unpaired) electrons. The fraction of sp³-hybridized carbons (Fsp3) is 0.0556. The molecule has 0 bridgehead atoms. The van der Waals surface area contributed by atoms with Gasteiger partial charge in [-0.2, -0.15) is 5.10 Å². The molecule has 0 atom stereocenters. The van der Waals surface area contributed by atoms with Crippen LogP contribution in [-0.2, 0) is 0 Å². The van der Waals surface area contributed by atoms with Crippen molar-refractivity contribution >= 4 is 39.8 Å². The number of fused-ring (bicyclic) bond motifs is 3. The van der Waals surface area contributed by atoms with E-state index in [0.29, 0.717) is 32.8 Å². The molecule has 0 spiro atoms. The normalized spacial score (nSPS) is 11.6. The number of aromatic nitrogens is 3. The van der Waals surface area contributed by atoms with Crippen LogP contribution in [0.15, 0.2) is 57.2 Å². The Labute approximate surface area is 151 Å². The number of aromatic amines is 2. The Morgan fingerprint density at radius 1 is 1.08 bits per heavy atom. The second kappa shape index (κ2) is 6.20. The number of rotatable bonds is 3. The summed E-state index contributed by atoms with van der Waals surface area (Å²) in [5.41, 5.74) is 0.679. The van der Waals surface area contributed by atoms with Gasteiger partial charge >= 0.3 is 11.2 Å². The highest BCUT2D eigenvalue weighted by atomic mass is 35.5. The van der Waals surface area contributed by atoms with Crippen molar-refractivity contribution in [1.29, 1.82) is 0 Å². The van der Waals surface area contributed by atoms with E-state index in [2.05, 4.69) is 15.1 Å². The minimum atomic E-state index is -0.655. The van der Waals surface area contributed by atoms with Crippen LogP contribution in [-0.4, -0.2) is 28.0 Å². The van der Waals surface area contributed by atoms with Crippen molar-refractivity contribution in [2.24, 2.45) is 5.10 Å². The molecule has 2 aromatic heterocycles. The molecule has 0 amide bonds. The Kier molecular flexibility index (Phi) is 3.85. The molecule has 8 heteroatoms. The van der Waals surface area contributed by atoms with Crippen molar-refractivity contribution < 1.29 is 4.74 Å². The van der Waals surface area contributed by atoms with E-state index in [4.69, 9.17) is 16.3 Å². The van der Waals surface area contributed by atoms with E-state index >= 15 is 0 Å².